The maximum Gasteiger partial charge on any atom is 0.156 e. The number of aromatic nitrogens is 2. The van der Waals surface area contributed by atoms with Crippen molar-refractivity contribution in [1.29, 1.82) is 0 Å². The third-order valence-electron chi connectivity index (χ3n) is 2.96. The van der Waals surface area contributed by atoms with Crippen molar-refractivity contribution >= 4 is 17.2 Å². The molecule has 0 fully saturated rings. The Balaban J connectivity index is 2.25. The molecule has 0 saturated carbocycles. The van der Waals surface area contributed by atoms with Gasteiger partial charge >= 0.3 is 0 Å². The van der Waals surface area contributed by atoms with E-state index in [2.05, 4.69) is 4.98 Å². The molecule has 0 aliphatic carbocycles. The average molecular weight is 261 g/mol. The van der Waals surface area contributed by atoms with Crippen LogP contribution in [-0.4, -0.2) is 9.38 Å². The number of pyridine rings is 1. The van der Waals surface area contributed by atoms with Crippen LogP contribution in [0.1, 0.15) is 5.56 Å². The summed E-state index contributed by atoms with van der Waals surface area (Å²) >= 11 is 6.06. The first kappa shape index (κ1) is 11.2. The second kappa shape index (κ2) is 4.10. The smallest absolute Gasteiger partial charge is 0.156 e. The van der Waals surface area contributed by atoms with E-state index in [-0.39, 0.29) is 5.82 Å². The van der Waals surface area contributed by atoms with Crippen LogP contribution in [0.4, 0.5) is 4.39 Å². The highest BCUT2D eigenvalue weighted by Gasteiger charge is 2.09. The quantitative estimate of drug-likeness (QED) is 0.644. The van der Waals surface area contributed by atoms with Crippen molar-refractivity contribution in [3.63, 3.8) is 0 Å². The normalized spacial score (nSPS) is 11.1. The summed E-state index contributed by atoms with van der Waals surface area (Å²) in [5, 5.41) is 0.580. The van der Waals surface area contributed by atoms with Crippen molar-refractivity contribution in [3.8, 4) is 11.3 Å². The minimum Gasteiger partial charge on any atom is -0.298 e. The summed E-state index contributed by atoms with van der Waals surface area (Å²) in [6.45, 7) is 1.74. The Bertz CT molecular complexity index is 734. The van der Waals surface area contributed by atoms with E-state index in [4.69, 9.17) is 11.6 Å². The van der Waals surface area contributed by atoms with E-state index in [1.807, 2.05) is 22.7 Å². The van der Waals surface area contributed by atoms with Gasteiger partial charge in [-0.2, -0.15) is 0 Å². The summed E-state index contributed by atoms with van der Waals surface area (Å²) in [6.07, 6.45) is 3.56. The van der Waals surface area contributed by atoms with Gasteiger partial charge in [-0.25, -0.2) is 9.37 Å². The van der Waals surface area contributed by atoms with E-state index in [1.165, 1.54) is 6.07 Å². The lowest BCUT2D eigenvalue weighted by Gasteiger charge is -2.04. The molecule has 2 aromatic heterocycles. The lowest BCUT2D eigenvalue weighted by Crippen LogP contribution is -1.90. The molecule has 4 heteroatoms. The van der Waals surface area contributed by atoms with Gasteiger partial charge in [-0.05, 0) is 30.7 Å². The molecule has 3 rings (SSSR count). The van der Waals surface area contributed by atoms with Gasteiger partial charge in [0.15, 0.2) is 5.65 Å². The maximum atomic E-state index is 13.6. The Hall–Kier alpha value is -1.87. The Morgan fingerprint density at radius 2 is 2.11 bits per heavy atom. The summed E-state index contributed by atoms with van der Waals surface area (Å²) in [5.74, 6) is -0.218. The number of imidazole rings is 1. The van der Waals surface area contributed by atoms with Gasteiger partial charge in [-0.1, -0.05) is 23.7 Å². The molecule has 0 bridgehead atoms. The Morgan fingerprint density at radius 1 is 1.28 bits per heavy atom. The minimum atomic E-state index is -0.218. The van der Waals surface area contributed by atoms with Crippen molar-refractivity contribution in [1.82, 2.24) is 9.38 Å². The molecule has 0 spiro atoms. The Labute approximate surface area is 109 Å². The van der Waals surface area contributed by atoms with Crippen LogP contribution < -0.4 is 0 Å². The van der Waals surface area contributed by atoms with Gasteiger partial charge in [0.05, 0.1) is 16.9 Å². The predicted octanol–water partition coefficient (Wildman–Crippen LogP) is 4.10. The fraction of sp³-hybridized carbons (Fsp3) is 0.0714. The van der Waals surface area contributed by atoms with Gasteiger partial charge in [0.1, 0.15) is 5.82 Å². The predicted molar refractivity (Wildman–Crippen MR) is 70.3 cm³/mol. The molecular weight excluding hydrogens is 251 g/mol. The van der Waals surface area contributed by atoms with Crippen LogP contribution in [0.5, 0.6) is 0 Å². The van der Waals surface area contributed by atoms with Crippen LogP contribution in [0.3, 0.4) is 0 Å². The van der Waals surface area contributed by atoms with Gasteiger partial charge in [-0.3, -0.25) is 4.40 Å². The molecule has 0 aliphatic rings. The average Bonchev–Trinajstić information content (AvgIpc) is 2.78. The van der Waals surface area contributed by atoms with Gasteiger partial charge < -0.3 is 0 Å². The minimum absolute atomic E-state index is 0.218. The number of halogens is 2. The molecule has 2 nitrogen and oxygen atoms in total. The summed E-state index contributed by atoms with van der Waals surface area (Å²) in [6, 6.07) is 8.77. The van der Waals surface area contributed by atoms with Crippen LogP contribution in [0, 0.1) is 12.7 Å². The lowest BCUT2D eigenvalue weighted by molar-refractivity contribution is 0.619. The highest BCUT2D eigenvalue weighted by Crippen LogP contribution is 2.25. The monoisotopic (exact) mass is 260 g/mol. The van der Waals surface area contributed by atoms with Crippen molar-refractivity contribution in [3.05, 3.63) is 59.1 Å². The molecule has 2 heterocycles. The Kier molecular flexibility index (Phi) is 2.56. The highest BCUT2D eigenvalue weighted by molar-refractivity contribution is 6.33. The molecule has 0 aliphatic heterocycles. The van der Waals surface area contributed by atoms with Crippen LogP contribution in [-0.2, 0) is 0 Å². The number of hydrogen-bond donors (Lipinski definition) is 0. The van der Waals surface area contributed by atoms with Gasteiger partial charge in [0.25, 0.3) is 0 Å². The second-order valence-corrected chi connectivity index (χ2v) is 4.56. The van der Waals surface area contributed by atoms with E-state index >= 15 is 0 Å². The van der Waals surface area contributed by atoms with Crippen molar-refractivity contribution < 1.29 is 4.39 Å². The third-order valence-corrected chi connectivity index (χ3v) is 3.25. The highest BCUT2D eigenvalue weighted by atomic mass is 35.5. The third kappa shape index (κ3) is 1.68. The van der Waals surface area contributed by atoms with Crippen LogP contribution in [0.15, 0.2) is 42.7 Å². The summed E-state index contributed by atoms with van der Waals surface area (Å²) < 4.78 is 15.4. The van der Waals surface area contributed by atoms with Gasteiger partial charge in [0, 0.05) is 11.8 Å². The van der Waals surface area contributed by atoms with Crippen LogP contribution >= 0.6 is 11.6 Å². The number of fused-ring (bicyclic) bond motifs is 1. The standard InChI is InChI=1S/C14H10ClFN2/c1-9-4-5-10(7-12(9)16)13-8-17-14-11(15)3-2-6-18(13)14/h2-8H,1H3. The van der Waals surface area contributed by atoms with Crippen molar-refractivity contribution in [2.45, 2.75) is 6.92 Å². The summed E-state index contributed by atoms with van der Waals surface area (Å²) in [5.41, 5.74) is 2.92. The molecule has 0 N–H and O–H groups in total. The SMILES string of the molecule is Cc1ccc(-c2cnc3c(Cl)cccn23)cc1F. The van der Waals surface area contributed by atoms with Gasteiger partial charge in [-0.15, -0.1) is 0 Å². The zero-order chi connectivity index (χ0) is 12.7. The Morgan fingerprint density at radius 3 is 2.89 bits per heavy atom. The molecule has 1 aromatic carbocycles. The number of benzene rings is 1. The van der Waals surface area contributed by atoms with E-state index < -0.39 is 0 Å². The zero-order valence-corrected chi connectivity index (χ0v) is 10.4. The van der Waals surface area contributed by atoms with Crippen molar-refractivity contribution in [2.75, 3.05) is 0 Å². The van der Waals surface area contributed by atoms with Crippen LogP contribution in [0.25, 0.3) is 16.9 Å². The van der Waals surface area contributed by atoms with Crippen LogP contribution in [0.2, 0.25) is 5.02 Å². The van der Waals surface area contributed by atoms with E-state index in [0.29, 0.717) is 16.2 Å². The first-order chi connectivity index (χ1) is 8.66. The fourth-order valence-electron chi connectivity index (χ4n) is 1.94. The molecule has 18 heavy (non-hydrogen) atoms. The molecule has 3 aromatic rings. The topological polar surface area (TPSA) is 17.3 Å². The molecule has 0 amide bonds. The maximum absolute atomic E-state index is 13.6. The van der Waals surface area contributed by atoms with E-state index in [1.54, 1.807) is 25.3 Å². The first-order valence-electron chi connectivity index (χ1n) is 5.55. The fourth-order valence-corrected chi connectivity index (χ4v) is 2.15. The molecule has 0 atom stereocenters. The summed E-state index contributed by atoms with van der Waals surface area (Å²) in [4.78, 5) is 4.26. The molecule has 0 unspecified atom stereocenters. The zero-order valence-electron chi connectivity index (χ0n) is 9.69. The number of nitrogens with zero attached hydrogens (tertiary/aromatic N) is 2. The van der Waals surface area contributed by atoms with Crippen molar-refractivity contribution in [2.24, 2.45) is 0 Å². The number of aryl methyl sites for hydroxylation is 1. The summed E-state index contributed by atoms with van der Waals surface area (Å²) in [7, 11) is 0. The molecule has 0 radical (unpaired) electrons. The second-order valence-electron chi connectivity index (χ2n) is 4.16. The van der Waals surface area contributed by atoms with E-state index in [0.717, 1.165) is 11.3 Å². The lowest BCUT2D eigenvalue weighted by atomic mass is 10.1. The van der Waals surface area contributed by atoms with Gasteiger partial charge in [0.2, 0.25) is 0 Å². The van der Waals surface area contributed by atoms with E-state index in [9.17, 15) is 4.39 Å². The molecular formula is C14H10ClFN2. The first-order valence-corrected chi connectivity index (χ1v) is 5.93. The molecule has 90 valence electrons. The number of rotatable bonds is 1. The number of hydrogen-bond acceptors (Lipinski definition) is 1. The molecule has 0 saturated heterocycles. The largest absolute Gasteiger partial charge is 0.298 e.